The van der Waals surface area contributed by atoms with Gasteiger partial charge in [-0.3, -0.25) is 5.32 Å². The van der Waals surface area contributed by atoms with Crippen LogP contribution in [0.2, 0.25) is 0 Å². The molecule has 1 saturated heterocycles. The van der Waals surface area contributed by atoms with Crippen molar-refractivity contribution >= 4 is 0 Å². The van der Waals surface area contributed by atoms with Crippen molar-refractivity contribution in [3.8, 4) is 6.07 Å². The van der Waals surface area contributed by atoms with Crippen LogP contribution in [0, 0.1) is 28.1 Å². The van der Waals surface area contributed by atoms with Gasteiger partial charge in [-0.15, -0.1) is 0 Å². The lowest BCUT2D eigenvalue weighted by Gasteiger charge is -2.37. The third-order valence-corrected chi connectivity index (χ3v) is 5.60. The Balaban J connectivity index is 2.21. The summed E-state index contributed by atoms with van der Waals surface area (Å²) in [5, 5.41) is 12.8. The molecule has 0 radical (unpaired) electrons. The zero-order valence-electron chi connectivity index (χ0n) is 8.35. The second-order valence-electron chi connectivity index (χ2n) is 5.56. The highest BCUT2D eigenvalue weighted by Crippen LogP contribution is 2.72. The summed E-state index contributed by atoms with van der Waals surface area (Å²) in [6, 6.07) is 2.55. The van der Waals surface area contributed by atoms with Gasteiger partial charge in [0.2, 0.25) is 0 Å². The van der Waals surface area contributed by atoms with Crippen molar-refractivity contribution < 1.29 is 0 Å². The SMILES string of the molecule is C[C@]12CC[C@@H]3C[C@@]1(C#N)NC[C@@]32C. The highest BCUT2D eigenvalue weighted by Gasteiger charge is 2.75. The molecule has 2 heteroatoms. The fourth-order valence-corrected chi connectivity index (χ4v) is 4.29. The first-order chi connectivity index (χ1) is 6.08. The van der Waals surface area contributed by atoms with Gasteiger partial charge in [-0.05, 0) is 30.6 Å². The Morgan fingerprint density at radius 3 is 2.69 bits per heavy atom. The van der Waals surface area contributed by atoms with E-state index in [2.05, 4.69) is 25.2 Å². The van der Waals surface area contributed by atoms with E-state index >= 15 is 0 Å². The molecule has 13 heavy (non-hydrogen) atoms. The molecule has 70 valence electrons. The largest absolute Gasteiger partial charge is 0.298 e. The molecule has 1 N–H and O–H groups in total. The first-order valence-electron chi connectivity index (χ1n) is 5.24. The minimum Gasteiger partial charge on any atom is -0.298 e. The van der Waals surface area contributed by atoms with E-state index in [9.17, 15) is 5.26 Å². The summed E-state index contributed by atoms with van der Waals surface area (Å²) in [6.45, 7) is 5.76. The Hall–Kier alpha value is -0.550. The van der Waals surface area contributed by atoms with E-state index in [0.717, 1.165) is 18.9 Å². The average molecular weight is 176 g/mol. The average Bonchev–Trinajstić information content (AvgIpc) is 2.58. The second kappa shape index (κ2) is 1.79. The molecular formula is C11H16N2. The van der Waals surface area contributed by atoms with E-state index in [1.165, 1.54) is 12.8 Å². The summed E-state index contributed by atoms with van der Waals surface area (Å²) in [6.07, 6.45) is 3.68. The van der Waals surface area contributed by atoms with Crippen LogP contribution in [0.15, 0.2) is 0 Å². The summed E-state index contributed by atoms with van der Waals surface area (Å²) < 4.78 is 0. The fraction of sp³-hybridized carbons (Fsp3) is 0.909. The molecular weight excluding hydrogens is 160 g/mol. The van der Waals surface area contributed by atoms with Gasteiger partial charge in [-0.2, -0.15) is 5.26 Å². The molecule has 3 fully saturated rings. The first-order valence-corrected chi connectivity index (χ1v) is 5.24. The van der Waals surface area contributed by atoms with Crippen LogP contribution >= 0.6 is 0 Å². The molecule has 0 aromatic carbocycles. The fourth-order valence-electron chi connectivity index (χ4n) is 4.29. The topological polar surface area (TPSA) is 35.8 Å². The maximum Gasteiger partial charge on any atom is 0.113 e. The highest BCUT2D eigenvalue weighted by molar-refractivity contribution is 5.34. The minimum absolute atomic E-state index is 0.176. The summed E-state index contributed by atoms with van der Waals surface area (Å²) in [5.74, 6) is 0.804. The predicted molar refractivity (Wildman–Crippen MR) is 49.9 cm³/mol. The van der Waals surface area contributed by atoms with Crippen LogP contribution in [-0.4, -0.2) is 12.1 Å². The summed E-state index contributed by atoms with van der Waals surface area (Å²) in [5.41, 5.74) is 0.479. The van der Waals surface area contributed by atoms with Crippen molar-refractivity contribution in [3.63, 3.8) is 0 Å². The lowest BCUT2D eigenvalue weighted by atomic mass is 9.66. The zero-order valence-corrected chi connectivity index (χ0v) is 8.35. The Bertz CT molecular complexity index is 319. The van der Waals surface area contributed by atoms with Crippen LogP contribution < -0.4 is 5.32 Å². The molecule has 0 aromatic heterocycles. The van der Waals surface area contributed by atoms with Gasteiger partial charge in [-0.1, -0.05) is 13.8 Å². The van der Waals surface area contributed by atoms with Gasteiger partial charge in [0.15, 0.2) is 0 Å². The Kier molecular flexibility index (Phi) is 1.07. The van der Waals surface area contributed by atoms with Crippen LogP contribution in [0.25, 0.3) is 0 Å². The molecule has 1 aliphatic heterocycles. The molecule has 2 aliphatic carbocycles. The number of hydrogen-bond donors (Lipinski definition) is 1. The van der Waals surface area contributed by atoms with Crippen molar-refractivity contribution in [2.24, 2.45) is 16.7 Å². The van der Waals surface area contributed by atoms with Gasteiger partial charge in [-0.25, -0.2) is 0 Å². The first kappa shape index (κ1) is 7.82. The van der Waals surface area contributed by atoms with Crippen molar-refractivity contribution in [1.29, 1.82) is 5.26 Å². The normalized spacial score (nSPS) is 62.7. The molecule has 4 atom stereocenters. The van der Waals surface area contributed by atoms with Crippen LogP contribution in [0.4, 0.5) is 0 Å². The molecule has 3 rings (SSSR count). The van der Waals surface area contributed by atoms with Crippen molar-refractivity contribution in [1.82, 2.24) is 5.32 Å². The molecule has 0 spiro atoms. The number of nitrogens with one attached hydrogen (secondary N) is 1. The predicted octanol–water partition coefficient (Wildman–Crippen LogP) is 1.68. The third-order valence-electron chi connectivity index (χ3n) is 5.60. The van der Waals surface area contributed by atoms with E-state index < -0.39 is 0 Å². The van der Waals surface area contributed by atoms with Gasteiger partial charge in [0.1, 0.15) is 5.54 Å². The quantitative estimate of drug-likeness (QED) is 0.609. The van der Waals surface area contributed by atoms with Gasteiger partial charge < -0.3 is 0 Å². The van der Waals surface area contributed by atoms with E-state index in [-0.39, 0.29) is 11.0 Å². The van der Waals surface area contributed by atoms with Crippen LogP contribution in [0.3, 0.4) is 0 Å². The van der Waals surface area contributed by atoms with E-state index in [1.54, 1.807) is 0 Å². The van der Waals surface area contributed by atoms with Crippen LogP contribution in [0.1, 0.15) is 33.1 Å². The lowest BCUT2D eigenvalue weighted by Crippen LogP contribution is -2.49. The number of rotatable bonds is 0. The molecule has 2 nitrogen and oxygen atoms in total. The smallest absolute Gasteiger partial charge is 0.113 e. The summed E-state index contributed by atoms with van der Waals surface area (Å²) in [7, 11) is 0. The van der Waals surface area contributed by atoms with Gasteiger partial charge >= 0.3 is 0 Å². The molecule has 4 bridgehead atoms. The Morgan fingerprint density at radius 1 is 1.46 bits per heavy atom. The maximum absolute atomic E-state index is 9.33. The summed E-state index contributed by atoms with van der Waals surface area (Å²) in [4.78, 5) is 0. The van der Waals surface area contributed by atoms with Crippen LogP contribution in [-0.2, 0) is 0 Å². The number of nitrogens with zero attached hydrogens (tertiary/aromatic N) is 1. The maximum atomic E-state index is 9.33. The van der Waals surface area contributed by atoms with Gasteiger partial charge in [0, 0.05) is 12.0 Å². The number of piperidine rings is 1. The summed E-state index contributed by atoms with van der Waals surface area (Å²) >= 11 is 0. The highest BCUT2D eigenvalue weighted by atomic mass is 15.1. The van der Waals surface area contributed by atoms with E-state index in [0.29, 0.717) is 5.41 Å². The minimum atomic E-state index is -0.176. The molecule has 1 heterocycles. The third kappa shape index (κ3) is 0.518. The molecule has 0 amide bonds. The van der Waals surface area contributed by atoms with E-state index in [4.69, 9.17) is 0 Å². The second-order valence-corrected chi connectivity index (χ2v) is 5.56. The Morgan fingerprint density at radius 2 is 2.23 bits per heavy atom. The zero-order chi connectivity index (χ0) is 9.32. The standard InChI is InChI=1S/C11H16N2/c1-9-7-13-11(6-12)5-8(9)3-4-10(9,11)2/h8,13H,3-5,7H2,1-2H3/t8-,9+,10-,11+/m1/s1. The van der Waals surface area contributed by atoms with E-state index in [1.807, 2.05) is 0 Å². The molecule has 0 aromatic rings. The van der Waals surface area contributed by atoms with Gasteiger partial charge in [0.05, 0.1) is 6.07 Å². The number of nitriles is 1. The monoisotopic (exact) mass is 176 g/mol. The van der Waals surface area contributed by atoms with Crippen LogP contribution in [0.5, 0.6) is 0 Å². The molecule has 2 saturated carbocycles. The van der Waals surface area contributed by atoms with Crippen molar-refractivity contribution in [3.05, 3.63) is 0 Å². The Labute approximate surface area is 79.3 Å². The number of hydrogen-bond acceptors (Lipinski definition) is 2. The lowest BCUT2D eigenvalue weighted by molar-refractivity contribution is 0.160. The van der Waals surface area contributed by atoms with Crippen molar-refractivity contribution in [2.75, 3.05) is 6.54 Å². The molecule has 0 unspecified atom stereocenters. The van der Waals surface area contributed by atoms with Gasteiger partial charge in [0.25, 0.3) is 0 Å². The molecule has 3 aliphatic rings. The van der Waals surface area contributed by atoms with Crippen molar-refractivity contribution in [2.45, 2.75) is 38.6 Å².